The van der Waals surface area contributed by atoms with Crippen LogP contribution in [0.3, 0.4) is 0 Å². The maximum absolute atomic E-state index is 12.9. The molecule has 0 unspecified atom stereocenters. The molecular weight excluding hydrogens is 596 g/mol. The summed E-state index contributed by atoms with van der Waals surface area (Å²) in [5.74, 6) is -1.84. The van der Waals surface area contributed by atoms with Gasteiger partial charge in [0.2, 0.25) is 0 Å². The summed E-state index contributed by atoms with van der Waals surface area (Å²) in [5, 5.41) is 27.0. The highest BCUT2D eigenvalue weighted by molar-refractivity contribution is 8.02. The quantitative estimate of drug-likeness (QED) is 0.0488. The molecule has 0 radical (unpaired) electrons. The molecule has 4 rings (SSSR count). The van der Waals surface area contributed by atoms with Crippen molar-refractivity contribution in [3.8, 4) is 0 Å². The predicted molar refractivity (Wildman–Crippen MR) is 146 cm³/mol. The standard InChI is InChI=1S/C20H19ClN8O5S4/c21-14-10(27-19(23)38-14)11(28-34)15(30)26-12-16(31)29-13(18(32)33)8(7-37-17(12)29)2-5-35-9-1-4-24-20(25-9)36-6-3-22/h1-2,4-5,12,17,34H,3,6-7,22H2,(H2,23,27)(H,26,30)(H,32,33)/b5-2+,28-11+/t12-,17-/m1/s1. The van der Waals surface area contributed by atoms with Crippen LogP contribution in [0.2, 0.25) is 4.34 Å². The first kappa shape index (κ1) is 28.2. The van der Waals surface area contributed by atoms with Crippen LogP contribution in [-0.4, -0.2) is 83.1 Å². The first-order chi connectivity index (χ1) is 18.2. The lowest BCUT2D eigenvalue weighted by Crippen LogP contribution is -2.71. The van der Waals surface area contributed by atoms with Crippen LogP contribution in [0.25, 0.3) is 0 Å². The van der Waals surface area contributed by atoms with Crippen LogP contribution >= 0.6 is 58.2 Å². The van der Waals surface area contributed by atoms with E-state index in [9.17, 15) is 24.7 Å². The minimum Gasteiger partial charge on any atom is -0.477 e. The van der Waals surface area contributed by atoms with Gasteiger partial charge in [-0.05, 0) is 23.1 Å². The Bertz CT molecular complexity index is 1370. The number of amides is 2. The number of hydrogen-bond donors (Lipinski definition) is 5. The number of β-lactam (4-membered cyclic amide) rings is 1. The Balaban J connectivity index is 1.46. The van der Waals surface area contributed by atoms with Crippen molar-refractivity contribution in [1.82, 2.24) is 25.2 Å². The molecule has 200 valence electrons. The van der Waals surface area contributed by atoms with Gasteiger partial charge in [-0.15, -0.1) is 11.8 Å². The summed E-state index contributed by atoms with van der Waals surface area (Å²) in [6.07, 6.45) is 3.25. The number of aliphatic carboxylic acids is 1. The molecule has 18 heteroatoms. The zero-order valence-corrected chi connectivity index (χ0v) is 23.1. The maximum atomic E-state index is 12.9. The third kappa shape index (κ3) is 5.92. The molecule has 38 heavy (non-hydrogen) atoms. The highest BCUT2D eigenvalue weighted by atomic mass is 35.5. The van der Waals surface area contributed by atoms with Crippen LogP contribution in [0.1, 0.15) is 5.69 Å². The highest BCUT2D eigenvalue weighted by Crippen LogP contribution is 2.41. The Morgan fingerprint density at radius 2 is 2.18 bits per heavy atom. The van der Waals surface area contributed by atoms with Gasteiger partial charge in [-0.3, -0.25) is 14.5 Å². The Labute approximate surface area is 237 Å². The molecule has 0 bridgehead atoms. The zero-order chi connectivity index (χ0) is 27.4. The maximum Gasteiger partial charge on any atom is 0.352 e. The third-order valence-corrected chi connectivity index (χ3v) is 9.07. The summed E-state index contributed by atoms with van der Waals surface area (Å²) in [5.41, 5.74) is 10.7. The number of nitrogen functional groups attached to an aromatic ring is 1. The Kier molecular flexibility index (Phi) is 9.16. The van der Waals surface area contributed by atoms with E-state index >= 15 is 0 Å². The number of oxime groups is 1. The second kappa shape index (κ2) is 12.4. The van der Waals surface area contributed by atoms with Gasteiger partial charge in [0.1, 0.15) is 32.2 Å². The smallest absolute Gasteiger partial charge is 0.352 e. The third-order valence-electron chi connectivity index (χ3n) is 5.04. The van der Waals surface area contributed by atoms with Crippen LogP contribution in [0.15, 0.2) is 50.4 Å². The van der Waals surface area contributed by atoms with Crippen molar-refractivity contribution >= 4 is 86.9 Å². The van der Waals surface area contributed by atoms with E-state index in [-0.39, 0.29) is 26.6 Å². The molecule has 0 saturated carbocycles. The van der Waals surface area contributed by atoms with Crippen molar-refractivity contribution in [2.45, 2.75) is 21.6 Å². The molecule has 0 aromatic carbocycles. The number of anilines is 1. The van der Waals surface area contributed by atoms with Crippen LogP contribution in [0, 0.1) is 0 Å². The number of carbonyl (C=O) groups excluding carboxylic acids is 2. The first-order valence-corrected chi connectivity index (χ1v) is 14.7. The van der Waals surface area contributed by atoms with Gasteiger partial charge < -0.3 is 27.1 Å². The lowest BCUT2D eigenvalue weighted by atomic mass is 10.0. The normalized spacial score (nSPS) is 19.5. The fourth-order valence-corrected chi connectivity index (χ4v) is 6.99. The van der Waals surface area contributed by atoms with E-state index in [1.54, 1.807) is 23.7 Å². The summed E-state index contributed by atoms with van der Waals surface area (Å²) in [4.78, 5) is 51.3. The monoisotopic (exact) mass is 614 g/mol. The Hall–Kier alpha value is -2.83. The number of hydrogen-bond acceptors (Lipinski definition) is 14. The number of carboxylic acids is 1. The molecule has 2 aliphatic rings. The molecule has 2 aromatic heterocycles. The molecule has 7 N–H and O–H groups in total. The number of fused-ring (bicyclic) bond motifs is 1. The number of halogens is 1. The van der Waals surface area contributed by atoms with E-state index in [2.05, 4.69) is 25.4 Å². The lowest BCUT2D eigenvalue weighted by Gasteiger charge is -2.49. The molecule has 2 aliphatic heterocycles. The Morgan fingerprint density at radius 1 is 1.39 bits per heavy atom. The first-order valence-electron chi connectivity index (χ1n) is 10.6. The van der Waals surface area contributed by atoms with E-state index in [1.807, 2.05) is 0 Å². The van der Waals surface area contributed by atoms with Gasteiger partial charge in [0, 0.05) is 24.2 Å². The van der Waals surface area contributed by atoms with Crippen molar-refractivity contribution in [3.05, 3.63) is 45.0 Å². The molecule has 0 spiro atoms. The summed E-state index contributed by atoms with van der Waals surface area (Å²) in [6.45, 7) is 0.501. The van der Waals surface area contributed by atoms with Gasteiger partial charge in [0.05, 0.1) is 0 Å². The van der Waals surface area contributed by atoms with Crippen LogP contribution in [0.5, 0.6) is 0 Å². The molecule has 0 aliphatic carbocycles. The second-order valence-electron chi connectivity index (χ2n) is 7.40. The largest absolute Gasteiger partial charge is 0.477 e. The van der Waals surface area contributed by atoms with Gasteiger partial charge in [0.25, 0.3) is 11.8 Å². The minimum atomic E-state index is -1.28. The average molecular weight is 615 g/mol. The molecule has 2 atom stereocenters. The zero-order valence-electron chi connectivity index (χ0n) is 19.1. The number of nitrogens with zero attached hydrogens (tertiary/aromatic N) is 5. The number of aromatic nitrogens is 3. The highest BCUT2D eigenvalue weighted by Gasteiger charge is 2.54. The van der Waals surface area contributed by atoms with E-state index < -0.39 is 34.9 Å². The molecule has 1 saturated heterocycles. The molecule has 13 nitrogen and oxygen atoms in total. The van der Waals surface area contributed by atoms with E-state index in [4.69, 9.17) is 23.1 Å². The number of rotatable bonds is 10. The van der Waals surface area contributed by atoms with Gasteiger partial charge in [-0.25, -0.2) is 19.7 Å². The predicted octanol–water partition coefficient (Wildman–Crippen LogP) is 1.44. The van der Waals surface area contributed by atoms with Crippen molar-refractivity contribution in [2.24, 2.45) is 10.9 Å². The minimum absolute atomic E-state index is 0.0388. The van der Waals surface area contributed by atoms with E-state index in [0.717, 1.165) is 16.2 Å². The molecule has 1 fully saturated rings. The summed E-state index contributed by atoms with van der Waals surface area (Å²) in [7, 11) is 0. The molecule has 2 aromatic rings. The number of nitrogens with one attached hydrogen (secondary N) is 1. The second-order valence-corrected chi connectivity index (χ2v) is 12.1. The van der Waals surface area contributed by atoms with Gasteiger partial charge >= 0.3 is 5.97 Å². The van der Waals surface area contributed by atoms with Gasteiger partial charge in [-0.1, -0.05) is 51.6 Å². The number of allylic oxidation sites excluding steroid dienone is 1. The van der Waals surface area contributed by atoms with Gasteiger partial charge in [-0.2, -0.15) is 0 Å². The summed E-state index contributed by atoms with van der Waals surface area (Å²) < 4.78 is 0.0388. The SMILES string of the molecule is NCCSc1nccc(S/C=C/C2=C(C(=O)O)N3C(=O)[C@@H](NC(=O)/C(=N/O)c4nc(N)sc4Cl)[C@H]3SC2)n1. The average Bonchev–Trinajstić information content (AvgIpc) is 3.23. The molecular formula is C20H19ClN8O5S4. The van der Waals surface area contributed by atoms with Gasteiger partial charge in [0.15, 0.2) is 16.0 Å². The van der Waals surface area contributed by atoms with Crippen LogP contribution in [-0.2, 0) is 14.4 Å². The number of carbonyl (C=O) groups is 3. The number of carboxylic acid groups (broad SMARTS) is 1. The summed E-state index contributed by atoms with van der Waals surface area (Å²) >= 11 is 10.9. The van der Waals surface area contributed by atoms with E-state index in [1.165, 1.54) is 35.3 Å². The van der Waals surface area contributed by atoms with Crippen molar-refractivity contribution in [3.63, 3.8) is 0 Å². The summed E-state index contributed by atoms with van der Waals surface area (Å²) in [6, 6.07) is 0.682. The number of thioether (sulfide) groups is 3. The molecule has 4 heterocycles. The Morgan fingerprint density at radius 3 is 2.84 bits per heavy atom. The fraction of sp³-hybridized carbons (Fsp3) is 0.250. The topological polar surface area (TPSA) is 210 Å². The molecule has 2 amide bonds. The number of nitrogens with two attached hydrogens (primary N) is 2. The van der Waals surface area contributed by atoms with Crippen molar-refractivity contribution in [2.75, 3.05) is 23.8 Å². The van der Waals surface area contributed by atoms with Crippen LogP contribution in [0.4, 0.5) is 5.13 Å². The van der Waals surface area contributed by atoms with Crippen molar-refractivity contribution in [1.29, 1.82) is 0 Å². The van der Waals surface area contributed by atoms with E-state index in [0.29, 0.717) is 28.1 Å². The van der Waals surface area contributed by atoms with Crippen LogP contribution < -0.4 is 16.8 Å². The lowest BCUT2D eigenvalue weighted by molar-refractivity contribution is -0.150. The number of thiazole rings is 1. The van der Waals surface area contributed by atoms with Crippen molar-refractivity contribution < 1.29 is 24.7 Å². The fourth-order valence-electron chi connectivity index (χ4n) is 3.44.